The zero-order valence-corrected chi connectivity index (χ0v) is 11.1. The molecule has 0 amide bonds. The van der Waals surface area contributed by atoms with Crippen LogP contribution in [0.4, 0.5) is 0 Å². The number of para-hydroxylation sites is 1. The minimum atomic E-state index is 0.302. The number of hydrogen-bond donors (Lipinski definition) is 1. The van der Waals surface area contributed by atoms with Crippen LogP contribution in [0.15, 0.2) is 24.3 Å². The predicted octanol–water partition coefficient (Wildman–Crippen LogP) is 3.00. The molecule has 0 radical (unpaired) electrons. The molecule has 3 rings (SSSR count). The predicted molar refractivity (Wildman–Crippen MR) is 73.6 cm³/mol. The summed E-state index contributed by atoms with van der Waals surface area (Å²) in [7, 11) is 1.74. The summed E-state index contributed by atoms with van der Waals surface area (Å²) in [6, 6.07) is 8.57. The van der Waals surface area contributed by atoms with Crippen LogP contribution in [-0.2, 0) is 6.42 Å². The summed E-state index contributed by atoms with van der Waals surface area (Å²) in [6.45, 7) is 0. The smallest absolute Gasteiger partial charge is 0.122 e. The largest absolute Gasteiger partial charge is 0.496 e. The first kappa shape index (κ1) is 12.0. The topological polar surface area (TPSA) is 35.2 Å². The Bertz CT molecular complexity index is 417. The third-order valence-corrected chi connectivity index (χ3v) is 4.99. The molecular formula is C16H23NO. The van der Waals surface area contributed by atoms with Gasteiger partial charge in [-0.1, -0.05) is 24.6 Å². The van der Waals surface area contributed by atoms with Gasteiger partial charge in [0.05, 0.1) is 7.11 Å². The van der Waals surface area contributed by atoms with Crippen molar-refractivity contribution in [2.45, 2.75) is 38.1 Å². The van der Waals surface area contributed by atoms with E-state index in [-0.39, 0.29) is 0 Å². The van der Waals surface area contributed by atoms with Crippen LogP contribution in [0.2, 0.25) is 0 Å². The van der Waals surface area contributed by atoms with Gasteiger partial charge in [-0.25, -0.2) is 0 Å². The van der Waals surface area contributed by atoms with E-state index >= 15 is 0 Å². The monoisotopic (exact) mass is 245 g/mol. The van der Waals surface area contributed by atoms with Crippen LogP contribution in [0.1, 0.15) is 31.2 Å². The summed E-state index contributed by atoms with van der Waals surface area (Å²) in [5, 5.41) is 0. The van der Waals surface area contributed by atoms with Crippen molar-refractivity contribution in [3.63, 3.8) is 0 Å². The Labute approximate surface area is 110 Å². The first-order chi connectivity index (χ1) is 8.78. The van der Waals surface area contributed by atoms with Gasteiger partial charge in [0.1, 0.15) is 5.75 Å². The number of ether oxygens (including phenoxy) is 1. The molecule has 0 aromatic heterocycles. The summed E-state index contributed by atoms with van der Waals surface area (Å²) in [4.78, 5) is 0. The maximum absolute atomic E-state index is 6.47. The molecule has 4 atom stereocenters. The molecule has 2 saturated carbocycles. The van der Waals surface area contributed by atoms with Crippen LogP contribution in [0.25, 0.3) is 0 Å². The molecule has 1 aromatic carbocycles. The molecule has 0 spiro atoms. The molecule has 1 aromatic rings. The number of hydrogen-bond acceptors (Lipinski definition) is 2. The van der Waals surface area contributed by atoms with E-state index in [1.54, 1.807) is 7.11 Å². The van der Waals surface area contributed by atoms with E-state index in [9.17, 15) is 0 Å². The quantitative estimate of drug-likeness (QED) is 0.885. The van der Waals surface area contributed by atoms with E-state index in [1.165, 1.54) is 31.2 Å². The molecule has 2 aliphatic rings. The highest BCUT2D eigenvalue weighted by molar-refractivity contribution is 5.34. The Balaban J connectivity index is 1.69. The highest BCUT2D eigenvalue weighted by atomic mass is 16.5. The van der Waals surface area contributed by atoms with Gasteiger partial charge >= 0.3 is 0 Å². The van der Waals surface area contributed by atoms with Gasteiger partial charge < -0.3 is 10.5 Å². The SMILES string of the molecule is COc1ccccc1CC(N)C1CC2CCC1C2. The summed E-state index contributed by atoms with van der Waals surface area (Å²) in [6.07, 6.45) is 6.61. The molecule has 2 N–H and O–H groups in total. The lowest BCUT2D eigenvalue weighted by Gasteiger charge is -2.28. The van der Waals surface area contributed by atoms with E-state index in [0.717, 1.165) is 29.9 Å². The van der Waals surface area contributed by atoms with Crippen molar-refractivity contribution in [2.24, 2.45) is 23.5 Å². The Morgan fingerprint density at radius 1 is 1.28 bits per heavy atom. The summed E-state index contributed by atoms with van der Waals surface area (Å²) in [5.41, 5.74) is 7.73. The highest BCUT2D eigenvalue weighted by Crippen LogP contribution is 2.49. The summed E-state index contributed by atoms with van der Waals surface area (Å²) in [5.74, 6) is 3.60. The van der Waals surface area contributed by atoms with Crippen LogP contribution in [0.5, 0.6) is 5.75 Å². The van der Waals surface area contributed by atoms with Crippen molar-refractivity contribution < 1.29 is 4.74 Å². The molecule has 2 nitrogen and oxygen atoms in total. The van der Waals surface area contributed by atoms with Gasteiger partial charge in [0, 0.05) is 6.04 Å². The molecule has 0 aliphatic heterocycles. The van der Waals surface area contributed by atoms with Crippen molar-refractivity contribution in [1.29, 1.82) is 0 Å². The Morgan fingerprint density at radius 2 is 2.11 bits per heavy atom. The number of fused-ring (bicyclic) bond motifs is 2. The third-order valence-electron chi connectivity index (χ3n) is 4.99. The average Bonchev–Trinajstić information content (AvgIpc) is 3.01. The molecule has 2 heteroatoms. The Morgan fingerprint density at radius 3 is 2.78 bits per heavy atom. The van der Waals surface area contributed by atoms with Crippen LogP contribution >= 0.6 is 0 Å². The van der Waals surface area contributed by atoms with Crippen molar-refractivity contribution in [2.75, 3.05) is 7.11 Å². The lowest BCUT2D eigenvalue weighted by molar-refractivity contribution is 0.278. The Hall–Kier alpha value is -1.02. The van der Waals surface area contributed by atoms with Gasteiger partial charge in [0.2, 0.25) is 0 Å². The minimum absolute atomic E-state index is 0.302. The van der Waals surface area contributed by atoms with Gasteiger partial charge in [-0.05, 0) is 55.1 Å². The van der Waals surface area contributed by atoms with Crippen LogP contribution in [0, 0.1) is 17.8 Å². The number of nitrogens with two attached hydrogens (primary N) is 1. The van der Waals surface area contributed by atoms with Gasteiger partial charge in [0.25, 0.3) is 0 Å². The normalized spacial score (nSPS) is 31.6. The van der Waals surface area contributed by atoms with E-state index in [4.69, 9.17) is 10.5 Å². The lowest BCUT2D eigenvalue weighted by Crippen LogP contribution is -2.35. The van der Waals surface area contributed by atoms with E-state index in [0.29, 0.717) is 6.04 Å². The fourth-order valence-electron chi connectivity index (χ4n) is 4.10. The zero-order chi connectivity index (χ0) is 12.5. The molecule has 2 aliphatic carbocycles. The number of methoxy groups -OCH3 is 1. The number of benzene rings is 1. The average molecular weight is 245 g/mol. The van der Waals surface area contributed by atoms with Crippen molar-refractivity contribution in [3.8, 4) is 5.75 Å². The fourth-order valence-corrected chi connectivity index (χ4v) is 4.10. The second kappa shape index (κ2) is 4.93. The van der Waals surface area contributed by atoms with Crippen LogP contribution < -0.4 is 10.5 Å². The standard InChI is InChI=1S/C16H23NO/c1-18-16-5-3-2-4-13(16)10-15(17)14-9-11-6-7-12(14)8-11/h2-5,11-12,14-15H,6-10,17H2,1H3. The van der Waals surface area contributed by atoms with E-state index in [1.807, 2.05) is 12.1 Å². The second-order valence-electron chi connectivity index (χ2n) is 6.02. The van der Waals surface area contributed by atoms with E-state index < -0.39 is 0 Å². The molecule has 18 heavy (non-hydrogen) atoms. The molecule has 2 bridgehead atoms. The third kappa shape index (κ3) is 2.14. The zero-order valence-electron chi connectivity index (χ0n) is 11.1. The first-order valence-electron chi connectivity index (χ1n) is 7.15. The minimum Gasteiger partial charge on any atom is -0.496 e. The maximum Gasteiger partial charge on any atom is 0.122 e. The molecule has 0 heterocycles. The van der Waals surface area contributed by atoms with Gasteiger partial charge in [-0.15, -0.1) is 0 Å². The summed E-state index contributed by atoms with van der Waals surface area (Å²) >= 11 is 0. The first-order valence-corrected chi connectivity index (χ1v) is 7.15. The van der Waals surface area contributed by atoms with E-state index in [2.05, 4.69) is 12.1 Å². The molecule has 98 valence electrons. The van der Waals surface area contributed by atoms with Crippen molar-refractivity contribution in [1.82, 2.24) is 0 Å². The molecule has 2 fully saturated rings. The number of rotatable bonds is 4. The van der Waals surface area contributed by atoms with Crippen molar-refractivity contribution >= 4 is 0 Å². The van der Waals surface area contributed by atoms with Crippen LogP contribution in [0.3, 0.4) is 0 Å². The van der Waals surface area contributed by atoms with Crippen molar-refractivity contribution in [3.05, 3.63) is 29.8 Å². The Kier molecular flexibility index (Phi) is 3.29. The summed E-state index contributed by atoms with van der Waals surface area (Å²) < 4.78 is 5.42. The molecule has 0 saturated heterocycles. The second-order valence-corrected chi connectivity index (χ2v) is 6.02. The lowest BCUT2D eigenvalue weighted by atomic mass is 9.81. The van der Waals surface area contributed by atoms with Gasteiger partial charge in [-0.2, -0.15) is 0 Å². The van der Waals surface area contributed by atoms with Gasteiger partial charge in [-0.3, -0.25) is 0 Å². The maximum atomic E-state index is 6.47. The van der Waals surface area contributed by atoms with Gasteiger partial charge in [0.15, 0.2) is 0 Å². The molecule has 4 unspecified atom stereocenters. The fraction of sp³-hybridized carbons (Fsp3) is 0.625. The van der Waals surface area contributed by atoms with Crippen LogP contribution in [-0.4, -0.2) is 13.2 Å². The molecular weight excluding hydrogens is 222 g/mol. The highest BCUT2D eigenvalue weighted by Gasteiger charge is 2.41.